The lowest BCUT2D eigenvalue weighted by Crippen LogP contribution is -2.30. The van der Waals surface area contributed by atoms with Crippen LogP contribution in [-0.2, 0) is 22.4 Å². The highest BCUT2D eigenvalue weighted by Crippen LogP contribution is 2.40. The maximum Gasteiger partial charge on any atom is 0.163 e. The Morgan fingerprint density at radius 1 is 0.952 bits per heavy atom. The molecule has 0 fully saturated rings. The molecule has 0 N–H and O–H groups in total. The van der Waals surface area contributed by atoms with Crippen molar-refractivity contribution in [3.8, 4) is 11.1 Å². The van der Waals surface area contributed by atoms with Gasteiger partial charge in [-0.05, 0) is 97.4 Å². The predicted molar refractivity (Wildman–Crippen MR) is 178 cm³/mol. The molecule has 0 spiro atoms. The molecular formula is C39H58O3. The Hall–Kier alpha value is -2.55. The van der Waals surface area contributed by atoms with Crippen LogP contribution in [0.15, 0.2) is 36.4 Å². The van der Waals surface area contributed by atoms with Crippen molar-refractivity contribution in [1.29, 1.82) is 0 Å². The Morgan fingerprint density at radius 3 is 2.14 bits per heavy atom. The summed E-state index contributed by atoms with van der Waals surface area (Å²) in [5.74, 6) is 0.580. The SMILES string of the molecule is CCC.CCCC(CC1CC(=O)c2c(C)ccc(-c3ccc(CCCC(C)(C)C)cc3)c2C1)C(CC)C(=O)CC(C)=O. The molecule has 3 heteroatoms. The largest absolute Gasteiger partial charge is 0.300 e. The summed E-state index contributed by atoms with van der Waals surface area (Å²) in [5, 5.41) is 0. The molecule has 0 heterocycles. The number of benzene rings is 2. The summed E-state index contributed by atoms with van der Waals surface area (Å²) < 4.78 is 0. The lowest BCUT2D eigenvalue weighted by atomic mass is 9.71. The molecule has 42 heavy (non-hydrogen) atoms. The summed E-state index contributed by atoms with van der Waals surface area (Å²) in [7, 11) is 0. The van der Waals surface area contributed by atoms with E-state index < -0.39 is 0 Å². The van der Waals surface area contributed by atoms with E-state index in [9.17, 15) is 14.4 Å². The van der Waals surface area contributed by atoms with Gasteiger partial charge in [-0.2, -0.15) is 0 Å². The van der Waals surface area contributed by atoms with E-state index in [1.165, 1.54) is 48.4 Å². The maximum absolute atomic E-state index is 13.5. The molecule has 0 radical (unpaired) electrons. The topological polar surface area (TPSA) is 51.2 Å². The number of rotatable bonds is 13. The molecule has 2 aromatic rings. The third kappa shape index (κ3) is 10.6. The molecule has 232 valence electrons. The number of aryl methyl sites for hydroxylation is 2. The number of hydrogen-bond donors (Lipinski definition) is 0. The van der Waals surface area contributed by atoms with Gasteiger partial charge in [-0.25, -0.2) is 0 Å². The van der Waals surface area contributed by atoms with Crippen LogP contribution in [0.1, 0.15) is 140 Å². The van der Waals surface area contributed by atoms with Gasteiger partial charge in [0.05, 0.1) is 6.42 Å². The molecule has 0 saturated heterocycles. The minimum Gasteiger partial charge on any atom is -0.300 e. The first-order valence-electron chi connectivity index (χ1n) is 16.6. The van der Waals surface area contributed by atoms with Gasteiger partial charge in [0.15, 0.2) is 5.78 Å². The quantitative estimate of drug-likeness (QED) is 0.224. The van der Waals surface area contributed by atoms with Crippen LogP contribution in [0.3, 0.4) is 0 Å². The maximum atomic E-state index is 13.5. The molecule has 3 atom stereocenters. The molecule has 0 bridgehead atoms. The van der Waals surface area contributed by atoms with Crippen molar-refractivity contribution in [3.05, 3.63) is 58.7 Å². The third-order valence-electron chi connectivity index (χ3n) is 8.57. The first-order valence-corrected chi connectivity index (χ1v) is 16.6. The Bertz CT molecular complexity index is 1170. The van der Waals surface area contributed by atoms with Crippen molar-refractivity contribution in [2.45, 2.75) is 133 Å². The van der Waals surface area contributed by atoms with Gasteiger partial charge >= 0.3 is 0 Å². The molecular weight excluding hydrogens is 516 g/mol. The van der Waals surface area contributed by atoms with Crippen LogP contribution in [0.5, 0.6) is 0 Å². The molecule has 3 rings (SSSR count). The number of ketones is 3. The van der Waals surface area contributed by atoms with Crippen LogP contribution in [0.2, 0.25) is 0 Å². The molecule has 3 nitrogen and oxygen atoms in total. The number of carbonyl (C=O) groups excluding carboxylic acids is 3. The fourth-order valence-electron chi connectivity index (χ4n) is 6.68. The van der Waals surface area contributed by atoms with E-state index in [0.29, 0.717) is 11.8 Å². The second-order valence-electron chi connectivity index (χ2n) is 13.9. The zero-order chi connectivity index (χ0) is 31.4. The molecule has 0 aliphatic heterocycles. The van der Waals surface area contributed by atoms with Crippen molar-refractivity contribution in [1.82, 2.24) is 0 Å². The standard InChI is InChI=1S/C36H50O3.C3H8/c1-8-11-29(30(9-2)33(38)20-25(4)37)21-27-22-32-31(18-13-24(3)35(32)34(39)23-27)28-16-14-26(15-17-28)12-10-19-36(5,6)7;1-3-2/h13-18,27,29-30H,8-12,19-23H2,1-7H3;3H2,1-2H3. The van der Waals surface area contributed by atoms with E-state index in [2.05, 4.69) is 84.9 Å². The smallest absolute Gasteiger partial charge is 0.163 e. The normalized spacial score (nSPS) is 16.2. The van der Waals surface area contributed by atoms with E-state index in [-0.39, 0.29) is 41.5 Å². The van der Waals surface area contributed by atoms with Crippen LogP contribution in [0.25, 0.3) is 11.1 Å². The second-order valence-corrected chi connectivity index (χ2v) is 13.9. The van der Waals surface area contributed by atoms with Gasteiger partial charge in [-0.3, -0.25) is 14.4 Å². The van der Waals surface area contributed by atoms with Crippen molar-refractivity contribution < 1.29 is 14.4 Å². The third-order valence-corrected chi connectivity index (χ3v) is 8.57. The van der Waals surface area contributed by atoms with Crippen molar-refractivity contribution >= 4 is 17.3 Å². The average Bonchev–Trinajstić information content (AvgIpc) is 2.89. The molecule has 0 aromatic heterocycles. The van der Waals surface area contributed by atoms with Crippen molar-refractivity contribution in [2.75, 3.05) is 0 Å². The molecule has 0 saturated carbocycles. The first kappa shape index (κ1) is 35.6. The van der Waals surface area contributed by atoms with Crippen LogP contribution in [0, 0.1) is 30.1 Å². The van der Waals surface area contributed by atoms with Crippen molar-refractivity contribution in [2.24, 2.45) is 23.2 Å². The average molecular weight is 575 g/mol. The van der Waals surface area contributed by atoms with Crippen molar-refractivity contribution in [3.63, 3.8) is 0 Å². The van der Waals surface area contributed by atoms with E-state index in [1.807, 2.05) is 6.92 Å². The lowest BCUT2D eigenvalue weighted by molar-refractivity contribution is -0.129. The lowest BCUT2D eigenvalue weighted by Gasteiger charge is -2.32. The summed E-state index contributed by atoms with van der Waals surface area (Å²) in [6.45, 7) is 18.9. The Labute approximate surface area is 257 Å². The number of fused-ring (bicyclic) bond motifs is 1. The van der Waals surface area contributed by atoms with Crippen LogP contribution in [-0.4, -0.2) is 17.3 Å². The van der Waals surface area contributed by atoms with Gasteiger partial charge in [0.25, 0.3) is 0 Å². The monoisotopic (exact) mass is 574 g/mol. The van der Waals surface area contributed by atoms with E-state index >= 15 is 0 Å². The summed E-state index contributed by atoms with van der Waals surface area (Å²) >= 11 is 0. The number of hydrogen-bond acceptors (Lipinski definition) is 3. The Balaban J connectivity index is 0.00000197. The van der Waals surface area contributed by atoms with Gasteiger partial charge in [0.1, 0.15) is 11.6 Å². The van der Waals surface area contributed by atoms with E-state index in [1.54, 1.807) is 0 Å². The van der Waals surface area contributed by atoms with Gasteiger partial charge in [0.2, 0.25) is 0 Å². The highest BCUT2D eigenvalue weighted by Gasteiger charge is 2.34. The van der Waals surface area contributed by atoms with Crippen LogP contribution < -0.4 is 0 Å². The van der Waals surface area contributed by atoms with Crippen LogP contribution >= 0.6 is 0 Å². The van der Waals surface area contributed by atoms with Gasteiger partial charge in [-0.15, -0.1) is 0 Å². The predicted octanol–water partition coefficient (Wildman–Crippen LogP) is 10.6. The van der Waals surface area contributed by atoms with Gasteiger partial charge < -0.3 is 0 Å². The zero-order valence-corrected chi connectivity index (χ0v) is 28.2. The number of carbonyl (C=O) groups is 3. The summed E-state index contributed by atoms with van der Waals surface area (Å²) in [6.07, 6.45) is 9.74. The fourth-order valence-corrected chi connectivity index (χ4v) is 6.68. The minimum atomic E-state index is -0.104. The molecule has 0 amide bonds. The second kappa shape index (κ2) is 16.9. The molecule has 3 unspecified atom stereocenters. The zero-order valence-electron chi connectivity index (χ0n) is 28.2. The fraction of sp³-hybridized carbons (Fsp3) is 0.615. The highest BCUT2D eigenvalue weighted by molar-refractivity contribution is 6.02. The van der Waals surface area contributed by atoms with Gasteiger partial charge in [0, 0.05) is 17.9 Å². The van der Waals surface area contributed by atoms with E-state index in [0.717, 1.165) is 49.7 Å². The Morgan fingerprint density at radius 2 is 1.60 bits per heavy atom. The summed E-state index contributed by atoms with van der Waals surface area (Å²) in [6, 6.07) is 13.2. The first-order chi connectivity index (χ1) is 19.8. The van der Waals surface area contributed by atoms with Gasteiger partial charge in [-0.1, -0.05) is 104 Å². The van der Waals surface area contributed by atoms with E-state index in [4.69, 9.17) is 0 Å². The number of Topliss-reactive ketones (excluding diaryl/α,β-unsaturated/α-hetero) is 3. The minimum absolute atomic E-state index is 0.0285. The molecule has 2 aromatic carbocycles. The summed E-state index contributed by atoms with van der Waals surface area (Å²) in [4.78, 5) is 38.1. The highest BCUT2D eigenvalue weighted by atomic mass is 16.1. The molecule has 1 aliphatic carbocycles. The summed E-state index contributed by atoms with van der Waals surface area (Å²) in [5.41, 5.74) is 7.21. The van der Waals surface area contributed by atoms with Crippen LogP contribution in [0.4, 0.5) is 0 Å². The molecule has 1 aliphatic rings. The Kier molecular flexibility index (Phi) is 14.4.